The molecule has 0 aliphatic heterocycles. The molecule has 0 aliphatic rings. The molecule has 1 heterocycles. The predicted octanol–water partition coefficient (Wildman–Crippen LogP) is 4.05. The number of methoxy groups -OCH3 is 1. The number of hydrogen-bond donors (Lipinski definition) is 0. The van der Waals surface area contributed by atoms with Gasteiger partial charge in [-0.15, -0.1) is 0 Å². The number of carbonyl (C=O) groups is 1. The highest BCUT2D eigenvalue weighted by atomic mass is 35.5. The number of rotatable bonds is 4. The highest BCUT2D eigenvalue weighted by Crippen LogP contribution is 2.21. The molecule has 4 nitrogen and oxygen atoms in total. The zero-order chi connectivity index (χ0) is 15.5. The van der Waals surface area contributed by atoms with Crippen LogP contribution in [-0.2, 0) is 17.6 Å². The Morgan fingerprint density at radius 2 is 1.95 bits per heavy atom. The molecule has 2 aromatic carbocycles. The number of halogens is 1. The van der Waals surface area contributed by atoms with Crippen LogP contribution in [0.4, 0.5) is 0 Å². The number of hydrogen-bond acceptors (Lipinski definition) is 4. The van der Waals surface area contributed by atoms with Crippen LogP contribution >= 0.6 is 11.6 Å². The summed E-state index contributed by atoms with van der Waals surface area (Å²) in [7, 11) is 1.35. The molecule has 3 aromatic rings. The summed E-state index contributed by atoms with van der Waals surface area (Å²) in [6.45, 7) is 0. The fourth-order valence-electron chi connectivity index (χ4n) is 2.28. The third-order valence-electron chi connectivity index (χ3n) is 3.41. The Morgan fingerprint density at radius 1 is 1.18 bits per heavy atom. The van der Waals surface area contributed by atoms with Crippen molar-refractivity contribution < 1.29 is 13.9 Å². The average Bonchev–Trinajstić information content (AvgIpc) is 2.96. The van der Waals surface area contributed by atoms with Gasteiger partial charge in [0.15, 0.2) is 11.5 Å². The van der Waals surface area contributed by atoms with Crippen LogP contribution in [0.25, 0.3) is 11.1 Å². The maximum atomic E-state index is 11.7. The van der Waals surface area contributed by atoms with Crippen LogP contribution in [0.2, 0.25) is 5.02 Å². The molecule has 0 aliphatic carbocycles. The van der Waals surface area contributed by atoms with Crippen LogP contribution in [-0.4, -0.2) is 18.1 Å². The third kappa shape index (κ3) is 2.97. The minimum absolute atomic E-state index is 0.414. The van der Waals surface area contributed by atoms with E-state index in [0.717, 1.165) is 12.0 Å². The summed E-state index contributed by atoms with van der Waals surface area (Å²) >= 11 is 5.87. The molecule has 0 bridgehead atoms. The van der Waals surface area contributed by atoms with Crippen molar-refractivity contribution >= 4 is 28.7 Å². The van der Waals surface area contributed by atoms with E-state index in [2.05, 4.69) is 4.98 Å². The zero-order valence-electron chi connectivity index (χ0n) is 12.0. The van der Waals surface area contributed by atoms with Crippen molar-refractivity contribution in [2.75, 3.05) is 7.11 Å². The molecule has 1 aromatic heterocycles. The number of ether oxygens (including phenoxy) is 1. The van der Waals surface area contributed by atoms with Crippen LogP contribution in [0.3, 0.4) is 0 Å². The molecule has 0 unspecified atom stereocenters. The van der Waals surface area contributed by atoms with Crippen molar-refractivity contribution in [2.24, 2.45) is 0 Å². The first kappa shape index (κ1) is 14.6. The van der Waals surface area contributed by atoms with Crippen LogP contribution < -0.4 is 0 Å². The maximum absolute atomic E-state index is 11.7. The van der Waals surface area contributed by atoms with Crippen LogP contribution in [0.1, 0.15) is 21.8 Å². The van der Waals surface area contributed by atoms with Crippen LogP contribution in [0.5, 0.6) is 0 Å². The number of fused-ring (bicyclic) bond motifs is 1. The van der Waals surface area contributed by atoms with Crippen molar-refractivity contribution in [3.63, 3.8) is 0 Å². The van der Waals surface area contributed by atoms with E-state index >= 15 is 0 Å². The fraction of sp³-hybridized carbons (Fsp3) is 0.176. The SMILES string of the molecule is COC(=O)c1cccc2oc(CCc3ccc(Cl)cc3)nc12. The van der Waals surface area contributed by atoms with Gasteiger partial charge in [-0.25, -0.2) is 9.78 Å². The van der Waals surface area contributed by atoms with Gasteiger partial charge in [0.25, 0.3) is 0 Å². The monoisotopic (exact) mass is 315 g/mol. The van der Waals surface area contributed by atoms with Gasteiger partial charge in [0.2, 0.25) is 0 Å². The normalized spacial score (nSPS) is 10.8. The minimum Gasteiger partial charge on any atom is -0.465 e. The average molecular weight is 316 g/mol. The molecule has 0 N–H and O–H groups in total. The zero-order valence-corrected chi connectivity index (χ0v) is 12.8. The molecule has 0 fully saturated rings. The lowest BCUT2D eigenvalue weighted by Crippen LogP contribution is -2.01. The van der Waals surface area contributed by atoms with E-state index in [1.165, 1.54) is 7.11 Å². The van der Waals surface area contributed by atoms with Gasteiger partial charge in [0.05, 0.1) is 12.7 Å². The van der Waals surface area contributed by atoms with Crippen molar-refractivity contribution in [1.29, 1.82) is 0 Å². The van der Waals surface area contributed by atoms with Crippen LogP contribution in [0.15, 0.2) is 46.9 Å². The molecule has 0 spiro atoms. The number of aryl methyl sites for hydroxylation is 2. The number of oxazole rings is 1. The first-order valence-electron chi connectivity index (χ1n) is 6.88. The highest BCUT2D eigenvalue weighted by molar-refractivity contribution is 6.30. The molecule has 0 saturated carbocycles. The number of carbonyl (C=O) groups excluding carboxylic acids is 1. The third-order valence-corrected chi connectivity index (χ3v) is 3.66. The van der Waals surface area contributed by atoms with E-state index < -0.39 is 5.97 Å². The molecule has 0 radical (unpaired) electrons. The Labute approximate surface area is 132 Å². The Hall–Kier alpha value is -2.33. The van der Waals surface area contributed by atoms with E-state index in [0.29, 0.717) is 34.0 Å². The standard InChI is InChI=1S/C17H14ClNO3/c1-21-17(20)13-3-2-4-14-16(13)19-15(22-14)10-7-11-5-8-12(18)9-6-11/h2-6,8-9H,7,10H2,1H3. The van der Waals surface area contributed by atoms with Gasteiger partial charge >= 0.3 is 5.97 Å². The Kier molecular flexibility index (Phi) is 4.11. The smallest absolute Gasteiger partial charge is 0.340 e. The molecule has 0 saturated heterocycles. The van der Waals surface area contributed by atoms with E-state index in [1.54, 1.807) is 18.2 Å². The second kappa shape index (κ2) is 6.20. The van der Waals surface area contributed by atoms with Gasteiger partial charge in [0, 0.05) is 11.4 Å². The number of nitrogens with zero attached hydrogens (tertiary/aromatic N) is 1. The Morgan fingerprint density at radius 3 is 2.68 bits per heavy atom. The first-order valence-corrected chi connectivity index (χ1v) is 7.26. The molecular weight excluding hydrogens is 302 g/mol. The molecule has 5 heteroatoms. The second-order valence-corrected chi connectivity index (χ2v) is 5.31. The molecule has 22 heavy (non-hydrogen) atoms. The first-order chi connectivity index (χ1) is 10.7. The Bertz CT molecular complexity index is 808. The van der Waals surface area contributed by atoms with Crippen molar-refractivity contribution in [1.82, 2.24) is 4.98 Å². The maximum Gasteiger partial charge on any atom is 0.340 e. The number of aromatic nitrogens is 1. The van der Waals surface area contributed by atoms with E-state index in [9.17, 15) is 4.79 Å². The molecule has 3 rings (SSSR count). The van der Waals surface area contributed by atoms with Gasteiger partial charge in [0.1, 0.15) is 5.52 Å². The molecule has 0 atom stereocenters. The van der Waals surface area contributed by atoms with Crippen molar-refractivity contribution in [2.45, 2.75) is 12.8 Å². The predicted molar refractivity (Wildman–Crippen MR) is 84.2 cm³/mol. The summed E-state index contributed by atoms with van der Waals surface area (Å²) in [5.41, 5.74) is 2.70. The number of benzene rings is 2. The van der Waals surface area contributed by atoms with Crippen molar-refractivity contribution in [3.8, 4) is 0 Å². The molecular formula is C17H14ClNO3. The minimum atomic E-state index is -0.414. The van der Waals surface area contributed by atoms with Gasteiger partial charge in [-0.3, -0.25) is 0 Å². The molecule has 0 amide bonds. The topological polar surface area (TPSA) is 52.3 Å². The summed E-state index contributed by atoms with van der Waals surface area (Å²) in [5, 5.41) is 0.716. The number of esters is 1. The van der Waals surface area contributed by atoms with Gasteiger partial charge in [-0.2, -0.15) is 0 Å². The largest absolute Gasteiger partial charge is 0.465 e. The van der Waals surface area contributed by atoms with Crippen LogP contribution in [0, 0.1) is 0 Å². The van der Waals surface area contributed by atoms with E-state index in [1.807, 2.05) is 24.3 Å². The summed E-state index contributed by atoms with van der Waals surface area (Å²) in [6, 6.07) is 12.9. The van der Waals surface area contributed by atoms with Gasteiger partial charge in [-0.05, 0) is 36.2 Å². The quantitative estimate of drug-likeness (QED) is 0.681. The summed E-state index contributed by atoms with van der Waals surface area (Å²) in [4.78, 5) is 16.2. The second-order valence-electron chi connectivity index (χ2n) is 4.88. The molecule has 112 valence electrons. The summed E-state index contributed by atoms with van der Waals surface area (Å²) < 4.78 is 10.5. The van der Waals surface area contributed by atoms with Crippen molar-refractivity contribution in [3.05, 3.63) is 64.5 Å². The lowest BCUT2D eigenvalue weighted by atomic mass is 10.1. The Balaban J connectivity index is 1.83. The number of para-hydroxylation sites is 1. The lowest BCUT2D eigenvalue weighted by Gasteiger charge is -1.98. The fourth-order valence-corrected chi connectivity index (χ4v) is 2.40. The van der Waals surface area contributed by atoms with Gasteiger partial charge in [-0.1, -0.05) is 29.8 Å². The summed E-state index contributed by atoms with van der Waals surface area (Å²) in [5.74, 6) is 0.185. The summed E-state index contributed by atoms with van der Waals surface area (Å²) in [6.07, 6.45) is 1.44. The lowest BCUT2D eigenvalue weighted by molar-refractivity contribution is 0.0603. The van der Waals surface area contributed by atoms with E-state index in [4.69, 9.17) is 20.8 Å². The van der Waals surface area contributed by atoms with Gasteiger partial charge < -0.3 is 9.15 Å². The van der Waals surface area contributed by atoms with E-state index in [-0.39, 0.29) is 0 Å². The highest BCUT2D eigenvalue weighted by Gasteiger charge is 2.15.